The largest absolute Gasteiger partial charge is 0.490 e. The van der Waals surface area contributed by atoms with Gasteiger partial charge in [0.05, 0.1) is 19.8 Å². The standard InChI is InChI=1S/C17H23NO3/c1-13(18-2)15-8-7-14-5-3-4-6-16(14)17(15)21-12-11-20-10-9-19/h3-8,13,18-19H,9-12H2,1-2H3. The Morgan fingerprint density at radius 1 is 1.10 bits per heavy atom. The van der Waals surface area contributed by atoms with Crippen LogP contribution in [-0.2, 0) is 4.74 Å². The summed E-state index contributed by atoms with van der Waals surface area (Å²) in [7, 11) is 1.94. The quantitative estimate of drug-likeness (QED) is 0.733. The number of hydrogen-bond donors (Lipinski definition) is 2. The molecule has 0 radical (unpaired) electrons. The predicted molar refractivity (Wildman–Crippen MR) is 84.8 cm³/mol. The van der Waals surface area contributed by atoms with E-state index in [1.807, 2.05) is 19.2 Å². The van der Waals surface area contributed by atoms with Crippen LogP contribution in [0.4, 0.5) is 0 Å². The number of benzene rings is 2. The lowest BCUT2D eigenvalue weighted by Crippen LogP contribution is -2.15. The first-order valence-electron chi connectivity index (χ1n) is 7.28. The second-order valence-corrected chi connectivity index (χ2v) is 4.90. The summed E-state index contributed by atoms with van der Waals surface area (Å²) < 4.78 is 11.2. The van der Waals surface area contributed by atoms with Crippen LogP contribution in [0.5, 0.6) is 5.75 Å². The van der Waals surface area contributed by atoms with Crippen molar-refractivity contribution in [3.8, 4) is 5.75 Å². The van der Waals surface area contributed by atoms with Gasteiger partial charge < -0.3 is 19.9 Å². The molecule has 21 heavy (non-hydrogen) atoms. The third-order valence-electron chi connectivity index (χ3n) is 3.52. The minimum atomic E-state index is 0.0380. The van der Waals surface area contributed by atoms with E-state index in [4.69, 9.17) is 14.6 Å². The minimum Gasteiger partial charge on any atom is -0.490 e. The van der Waals surface area contributed by atoms with Crippen molar-refractivity contribution in [3.63, 3.8) is 0 Å². The van der Waals surface area contributed by atoms with E-state index in [0.717, 1.165) is 22.1 Å². The van der Waals surface area contributed by atoms with Gasteiger partial charge in [-0.25, -0.2) is 0 Å². The van der Waals surface area contributed by atoms with Gasteiger partial charge in [0, 0.05) is 17.0 Å². The van der Waals surface area contributed by atoms with Crippen LogP contribution in [0.15, 0.2) is 36.4 Å². The number of rotatable bonds is 8. The average molecular weight is 289 g/mol. The smallest absolute Gasteiger partial charge is 0.132 e. The molecular formula is C17H23NO3. The monoisotopic (exact) mass is 289 g/mol. The Kier molecular flexibility index (Phi) is 5.99. The van der Waals surface area contributed by atoms with E-state index < -0.39 is 0 Å². The lowest BCUT2D eigenvalue weighted by molar-refractivity contribution is 0.0705. The lowest BCUT2D eigenvalue weighted by atomic mass is 10.0. The molecule has 4 heteroatoms. The molecule has 0 fully saturated rings. The molecule has 0 saturated heterocycles. The van der Waals surface area contributed by atoms with Crippen LogP contribution < -0.4 is 10.1 Å². The highest BCUT2D eigenvalue weighted by atomic mass is 16.5. The van der Waals surface area contributed by atoms with Gasteiger partial charge in [0.1, 0.15) is 12.4 Å². The van der Waals surface area contributed by atoms with Crippen molar-refractivity contribution < 1.29 is 14.6 Å². The first kappa shape index (κ1) is 15.8. The highest BCUT2D eigenvalue weighted by molar-refractivity contribution is 5.89. The number of fused-ring (bicyclic) bond motifs is 1. The highest BCUT2D eigenvalue weighted by Gasteiger charge is 2.13. The van der Waals surface area contributed by atoms with Gasteiger partial charge in [-0.05, 0) is 19.4 Å². The average Bonchev–Trinajstić information content (AvgIpc) is 2.53. The SMILES string of the molecule is CNC(C)c1ccc2ccccc2c1OCCOCCO. The molecule has 0 aliphatic heterocycles. The maximum atomic E-state index is 8.70. The first-order valence-corrected chi connectivity index (χ1v) is 7.28. The summed E-state index contributed by atoms with van der Waals surface area (Å²) in [6.45, 7) is 3.43. The van der Waals surface area contributed by atoms with Crippen molar-refractivity contribution in [1.29, 1.82) is 0 Å². The zero-order valence-corrected chi connectivity index (χ0v) is 12.6. The molecule has 0 aromatic heterocycles. The topological polar surface area (TPSA) is 50.7 Å². The molecule has 0 aliphatic carbocycles. The van der Waals surface area contributed by atoms with E-state index in [9.17, 15) is 0 Å². The molecule has 2 N–H and O–H groups in total. The Bertz CT molecular complexity index is 571. The van der Waals surface area contributed by atoms with Gasteiger partial charge in [0.2, 0.25) is 0 Å². The molecule has 2 aromatic rings. The zero-order valence-electron chi connectivity index (χ0n) is 12.6. The molecule has 2 rings (SSSR count). The van der Waals surface area contributed by atoms with Gasteiger partial charge in [-0.2, -0.15) is 0 Å². The summed E-state index contributed by atoms with van der Waals surface area (Å²) in [4.78, 5) is 0. The van der Waals surface area contributed by atoms with Crippen LogP contribution in [0.1, 0.15) is 18.5 Å². The predicted octanol–water partition coefficient (Wildman–Crippen LogP) is 2.51. The number of aliphatic hydroxyl groups excluding tert-OH is 1. The maximum Gasteiger partial charge on any atom is 0.132 e. The summed E-state index contributed by atoms with van der Waals surface area (Å²) in [5, 5.41) is 14.2. The number of hydrogen-bond acceptors (Lipinski definition) is 4. The van der Waals surface area contributed by atoms with Crippen molar-refractivity contribution in [1.82, 2.24) is 5.32 Å². The third-order valence-corrected chi connectivity index (χ3v) is 3.52. The summed E-state index contributed by atoms with van der Waals surface area (Å²) in [6, 6.07) is 12.6. The molecule has 0 bridgehead atoms. The molecule has 1 unspecified atom stereocenters. The molecule has 0 saturated carbocycles. The van der Waals surface area contributed by atoms with Gasteiger partial charge >= 0.3 is 0 Å². The first-order chi connectivity index (χ1) is 10.3. The second kappa shape index (κ2) is 7.98. The molecule has 0 spiro atoms. The van der Waals surface area contributed by atoms with E-state index in [0.29, 0.717) is 19.8 Å². The Balaban J connectivity index is 2.23. The summed E-state index contributed by atoms with van der Waals surface area (Å²) >= 11 is 0. The van der Waals surface area contributed by atoms with Crippen molar-refractivity contribution in [2.75, 3.05) is 33.5 Å². The molecule has 0 heterocycles. The molecule has 2 aromatic carbocycles. The highest BCUT2D eigenvalue weighted by Crippen LogP contribution is 2.33. The number of ether oxygens (including phenoxy) is 2. The Labute approximate surface area is 125 Å². The summed E-state index contributed by atoms with van der Waals surface area (Å²) in [5.74, 6) is 0.905. The molecule has 0 aliphatic rings. The minimum absolute atomic E-state index is 0.0380. The number of nitrogens with one attached hydrogen (secondary N) is 1. The van der Waals surface area contributed by atoms with Crippen LogP contribution in [0, 0.1) is 0 Å². The molecule has 4 nitrogen and oxygen atoms in total. The van der Waals surface area contributed by atoms with Gasteiger partial charge in [-0.15, -0.1) is 0 Å². The third kappa shape index (κ3) is 3.94. The van der Waals surface area contributed by atoms with Crippen LogP contribution >= 0.6 is 0 Å². The molecule has 0 amide bonds. The van der Waals surface area contributed by atoms with Gasteiger partial charge in [-0.3, -0.25) is 0 Å². The maximum absolute atomic E-state index is 8.70. The molecular weight excluding hydrogens is 266 g/mol. The van der Waals surface area contributed by atoms with Crippen LogP contribution in [0.2, 0.25) is 0 Å². The van der Waals surface area contributed by atoms with Crippen molar-refractivity contribution in [2.24, 2.45) is 0 Å². The zero-order chi connectivity index (χ0) is 15.1. The van der Waals surface area contributed by atoms with Crippen molar-refractivity contribution in [2.45, 2.75) is 13.0 Å². The van der Waals surface area contributed by atoms with Gasteiger partial charge in [0.15, 0.2) is 0 Å². The fraction of sp³-hybridized carbons (Fsp3) is 0.412. The van der Waals surface area contributed by atoms with Crippen LogP contribution in [0.3, 0.4) is 0 Å². The van der Waals surface area contributed by atoms with E-state index in [1.54, 1.807) is 0 Å². The van der Waals surface area contributed by atoms with Crippen molar-refractivity contribution in [3.05, 3.63) is 42.0 Å². The lowest BCUT2D eigenvalue weighted by Gasteiger charge is -2.18. The fourth-order valence-corrected chi connectivity index (χ4v) is 2.29. The van der Waals surface area contributed by atoms with Crippen LogP contribution in [0.25, 0.3) is 10.8 Å². The van der Waals surface area contributed by atoms with Crippen molar-refractivity contribution >= 4 is 10.8 Å². The Hall–Kier alpha value is -1.62. The second-order valence-electron chi connectivity index (χ2n) is 4.90. The number of aliphatic hydroxyl groups is 1. The van der Waals surface area contributed by atoms with E-state index >= 15 is 0 Å². The van der Waals surface area contributed by atoms with Crippen LogP contribution in [-0.4, -0.2) is 38.6 Å². The summed E-state index contributed by atoms with van der Waals surface area (Å²) in [6.07, 6.45) is 0. The Morgan fingerprint density at radius 2 is 1.90 bits per heavy atom. The fourth-order valence-electron chi connectivity index (χ4n) is 2.29. The molecule has 114 valence electrons. The Morgan fingerprint density at radius 3 is 2.67 bits per heavy atom. The van der Waals surface area contributed by atoms with Gasteiger partial charge in [-0.1, -0.05) is 36.4 Å². The molecule has 1 atom stereocenters. The normalized spacial score (nSPS) is 12.5. The summed E-state index contributed by atoms with van der Waals surface area (Å²) in [5.41, 5.74) is 1.14. The van der Waals surface area contributed by atoms with E-state index in [1.165, 1.54) is 0 Å². The van der Waals surface area contributed by atoms with Gasteiger partial charge in [0.25, 0.3) is 0 Å². The van der Waals surface area contributed by atoms with E-state index in [2.05, 4.69) is 36.5 Å². The van der Waals surface area contributed by atoms with E-state index in [-0.39, 0.29) is 12.6 Å².